The Balaban J connectivity index is 2.42. The molecule has 6 heteroatoms. The van der Waals surface area contributed by atoms with Gasteiger partial charge in [-0.05, 0) is 32.4 Å². The van der Waals surface area contributed by atoms with E-state index in [4.69, 9.17) is 5.11 Å². The third kappa shape index (κ3) is 6.54. The molecule has 1 aliphatic rings. The van der Waals surface area contributed by atoms with E-state index in [0.717, 1.165) is 32.6 Å². The van der Waals surface area contributed by atoms with E-state index in [2.05, 4.69) is 15.1 Å². The van der Waals surface area contributed by atoms with Crippen LogP contribution < -0.4 is 5.32 Å². The van der Waals surface area contributed by atoms with Gasteiger partial charge < -0.3 is 10.4 Å². The summed E-state index contributed by atoms with van der Waals surface area (Å²) in [7, 11) is 0. The summed E-state index contributed by atoms with van der Waals surface area (Å²) in [6.07, 6.45) is 0.994. The predicted molar refractivity (Wildman–Crippen MR) is 82.0 cm³/mol. The molecule has 0 aromatic carbocycles. The van der Waals surface area contributed by atoms with Gasteiger partial charge in [0, 0.05) is 19.6 Å². The van der Waals surface area contributed by atoms with Gasteiger partial charge >= 0.3 is 0 Å². The number of β-amino-alcohol motifs (C(OH)–C–C–N with tert-alkyl or cyclic N) is 1. The molecule has 0 aromatic heterocycles. The Morgan fingerprint density at radius 3 is 2.33 bits per heavy atom. The van der Waals surface area contributed by atoms with E-state index in [1.165, 1.54) is 6.92 Å². The van der Waals surface area contributed by atoms with Crippen molar-refractivity contribution in [2.75, 3.05) is 45.9 Å². The molecule has 1 fully saturated rings. The Morgan fingerprint density at radius 2 is 1.76 bits per heavy atom. The summed E-state index contributed by atoms with van der Waals surface area (Å²) in [5, 5.41) is 11.8. The summed E-state index contributed by atoms with van der Waals surface area (Å²) in [6, 6.07) is -0.393. The van der Waals surface area contributed by atoms with Crippen molar-refractivity contribution >= 4 is 11.7 Å². The number of aliphatic hydroxyl groups excluding tert-OH is 1. The second kappa shape index (κ2) is 9.12. The van der Waals surface area contributed by atoms with E-state index in [1.54, 1.807) is 0 Å². The van der Waals surface area contributed by atoms with Gasteiger partial charge in [0.2, 0.25) is 5.91 Å². The monoisotopic (exact) mass is 299 g/mol. The molecular formula is C15H29N3O3. The van der Waals surface area contributed by atoms with Gasteiger partial charge in [-0.1, -0.05) is 13.8 Å². The summed E-state index contributed by atoms with van der Waals surface area (Å²) >= 11 is 0. The number of hydrogen-bond acceptors (Lipinski definition) is 5. The predicted octanol–water partition coefficient (Wildman–Crippen LogP) is -0.284. The highest BCUT2D eigenvalue weighted by Crippen LogP contribution is 2.05. The molecule has 1 amide bonds. The van der Waals surface area contributed by atoms with Crippen molar-refractivity contribution in [2.45, 2.75) is 33.2 Å². The first-order valence-corrected chi connectivity index (χ1v) is 7.79. The summed E-state index contributed by atoms with van der Waals surface area (Å²) < 4.78 is 0. The Bertz CT molecular complexity index is 347. The van der Waals surface area contributed by atoms with Crippen LogP contribution in [0.1, 0.15) is 27.2 Å². The lowest BCUT2D eigenvalue weighted by Gasteiger charge is -2.23. The number of ketones is 1. The van der Waals surface area contributed by atoms with Gasteiger partial charge in [-0.15, -0.1) is 0 Å². The van der Waals surface area contributed by atoms with Crippen molar-refractivity contribution in [3.05, 3.63) is 0 Å². The second-order valence-corrected chi connectivity index (χ2v) is 6.09. The van der Waals surface area contributed by atoms with Crippen LogP contribution in [0.2, 0.25) is 0 Å². The minimum atomic E-state index is -0.393. The van der Waals surface area contributed by atoms with E-state index in [9.17, 15) is 9.59 Å². The van der Waals surface area contributed by atoms with Gasteiger partial charge in [-0.25, -0.2) is 0 Å². The number of carbonyl (C=O) groups is 2. The Hall–Kier alpha value is -0.980. The van der Waals surface area contributed by atoms with Crippen LogP contribution in [0.15, 0.2) is 0 Å². The van der Waals surface area contributed by atoms with E-state index < -0.39 is 6.04 Å². The third-order valence-corrected chi connectivity index (χ3v) is 3.89. The molecule has 2 N–H and O–H groups in total. The SMILES string of the molecule is CC(=O)C(NC(=O)CN1CCCN(CCO)CC1)C(C)C. The number of nitrogens with one attached hydrogen (secondary N) is 1. The second-order valence-electron chi connectivity index (χ2n) is 6.09. The quantitative estimate of drug-likeness (QED) is 0.676. The minimum absolute atomic E-state index is 0.00309. The molecule has 0 aliphatic carbocycles. The molecule has 1 heterocycles. The smallest absolute Gasteiger partial charge is 0.234 e. The first-order chi connectivity index (χ1) is 9.93. The van der Waals surface area contributed by atoms with Gasteiger partial charge in [-0.3, -0.25) is 19.4 Å². The molecule has 21 heavy (non-hydrogen) atoms. The third-order valence-electron chi connectivity index (χ3n) is 3.89. The average molecular weight is 299 g/mol. The molecule has 1 rings (SSSR count). The van der Waals surface area contributed by atoms with Crippen molar-refractivity contribution in [3.8, 4) is 0 Å². The summed E-state index contributed by atoms with van der Waals surface area (Å²) in [6.45, 7) is 10.1. The molecule has 0 spiro atoms. The van der Waals surface area contributed by atoms with Gasteiger partial charge in [0.15, 0.2) is 5.78 Å². The summed E-state index contributed by atoms with van der Waals surface area (Å²) in [5.74, 6) is 0.0264. The lowest BCUT2D eigenvalue weighted by molar-refractivity contribution is -0.128. The van der Waals surface area contributed by atoms with Gasteiger partial charge in [0.05, 0.1) is 19.2 Å². The molecule has 0 aromatic rings. The minimum Gasteiger partial charge on any atom is -0.395 e. The first kappa shape index (κ1) is 18.1. The topological polar surface area (TPSA) is 72.9 Å². The fraction of sp³-hybridized carbons (Fsp3) is 0.867. The van der Waals surface area contributed by atoms with Gasteiger partial charge in [0.25, 0.3) is 0 Å². The van der Waals surface area contributed by atoms with Crippen LogP contribution in [0.25, 0.3) is 0 Å². The molecule has 1 saturated heterocycles. The summed E-state index contributed by atoms with van der Waals surface area (Å²) in [5.41, 5.74) is 0. The Morgan fingerprint density at radius 1 is 1.14 bits per heavy atom. The fourth-order valence-corrected chi connectivity index (χ4v) is 2.71. The average Bonchev–Trinajstić information content (AvgIpc) is 2.61. The Labute approximate surface area is 127 Å². The molecule has 122 valence electrons. The van der Waals surface area contributed by atoms with E-state index in [0.29, 0.717) is 13.1 Å². The molecule has 0 radical (unpaired) electrons. The maximum absolute atomic E-state index is 12.1. The fourth-order valence-electron chi connectivity index (χ4n) is 2.71. The number of aliphatic hydroxyl groups is 1. The van der Waals surface area contributed by atoms with Crippen LogP contribution in [-0.4, -0.2) is 78.5 Å². The van der Waals surface area contributed by atoms with E-state index >= 15 is 0 Å². The molecule has 0 saturated carbocycles. The zero-order valence-electron chi connectivity index (χ0n) is 13.5. The van der Waals surface area contributed by atoms with Crippen molar-refractivity contribution in [1.29, 1.82) is 0 Å². The lowest BCUT2D eigenvalue weighted by atomic mass is 10.0. The lowest BCUT2D eigenvalue weighted by Crippen LogP contribution is -2.47. The first-order valence-electron chi connectivity index (χ1n) is 7.79. The zero-order valence-corrected chi connectivity index (χ0v) is 13.5. The van der Waals surface area contributed by atoms with E-state index in [-0.39, 0.29) is 24.2 Å². The summed E-state index contributed by atoms with van der Waals surface area (Å²) in [4.78, 5) is 27.9. The van der Waals surface area contributed by atoms with Crippen molar-refractivity contribution in [3.63, 3.8) is 0 Å². The normalized spacial score (nSPS) is 19.3. The molecule has 1 atom stereocenters. The number of rotatable bonds is 7. The molecular weight excluding hydrogens is 270 g/mol. The van der Waals surface area contributed by atoms with Crippen molar-refractivity contribution < 1.29 is 14.7 Å². The van der Waals surface area contributed by atoms with Gasteiger partial charge in [-0.2, -0.15) is 0 Å². The number of amides is 1. The highest BCUT2D eigenvalue weighted by Gasteiger charge is 2.22. The maximum atomic E-state index is 12.1. The number of carbonyl (C=O) groups excluding carboxylic acids is 2. The standard InChI is InChI=1S/C15H29N3O3/c1-12(2)15(13(3)20)16-14(21)11-18-6-4-5-17(7-8-18)9-10-19/h12,15,19H,4-11H2,1-3H3,(H,16,21). The van der Waals surface area contributed by atoms with Gasteiger partial charge in [0.1, 0.15) is 0 Å². The van der Waals surface area contributed by atoms with Crippen LogP contribution in [0.4, 0.5) is 0 Å². The van der Waals surface area contributed by atoms with Crippen LogP contribution in [0, 0.1) is 5.92 Å². The molecule has 0 bridgehead atoms. The van der Waals surface area contributed by atoms with Crippen LogP contribution in [-0.2, 0) is 9.59 Å². The molecule has 6 nitrogen and oxygen atoms in total. The maximum Gasteiger partial charge on any atom is 0.234 e. The number of nitrogens with zero attached hydrogens (tertiary/aromatic N) is 2. The largest absolute Gasteiger partial charge is 0.395 e. The van der Waals surface area contributed by atoms with Crippen LogP contribution in [0.3, 0.4) is 0 Å². The van der Waals surface area contributed by atoms with E-state index in [1.807, 2.05) is 13.8 Å². The Kier molecular flexibility index (Phi) is 7.85. The highest BCUT2D eigenvalue weighted by molar-refractivity contribution is 5.88. The molecule has 1 unspecified atom stereocenters. The highest BCUT2D eigenvalue weighted by atomic mass is 16.3. The zero-order chi connectivity index (χ0) is 15.8. The number of hydrogen-bond donors (Lipinski definition) is 2. The van der Waals surface area contributed by atoms with Crippen molar-refractivity contribution in [2.24, 2.45) is 5.92 Å². The van der Waals surface area contributed by atoms with Crippen molar-refractivity contribution in [1.82, 2.24) is 15.1 Å². The van der Waals surface area contributed by atoms with Crippen LogP contribution in [0.5, 0.6) is 0 Å². The molecule has 1 aliphatic heterocycles. The van der Waals surface area contributed by atoms with Crippen LogP contribution >= 0.6 is 0 Å². The number of Topliss-reactive ketones (excluding diaryl/α,β-unsaturated/α-hetero) is 1.